The summed E-state index contributed by atoms with van der Waals surface area (Å²) in [5.41, 5.74) is 3.96. The van der Waals surface area contributed by atoms with Crippen molar-refractivity contribution in [2.24, 2.45) is 0 Å². The molecule has 1 aliphatic rings. The van der Waals surface area contributed by atoms with Crippen molar-refractivity contribution in [2.75, 3.05) is 20.2 Å². The smallest absolute Gasteiger partial charge is 0.119 e. The predicted molar refractivity (Wildman–Crippen MR) is 102 cm³/mol. The second-order valence-corrected chi connectivity index (χ2v) is 7.01. The number of ether oxygens (including phenoxy) is 1. The van der Waals surface area contributed by atoms with E-state index in [2.05, 4.69) is 36.9 Å². The minimum atomic E-state index is 0.339. The van der Waals surface area contributed by atoms with E-state index in [4.69, 9.17) is 27.9 Å². The second-order valence-electron chi connectivity index (χ2n) is 6.19. The van der Waals surface area contributed by atoms with E-state index in [0.717, 1.165) is 25.3 Å². The molecular formula is C20H23Cl2NO. The third kappa shape index (κ3) is 3.15. The number of halogens is 2. The van der Waals surface area contributed by atoms with Crippen molar-refractivity contribution >= 4 is 23.2 Å². The van der Waals surface area contributed by atoms with E-state index in [1.165, 1.54) is 16.7 Å². The molecule has 0 heterocycles. The first-order chi connectivity index (χ1) is 11.6. The lowest BCUT2D eigenvalue weighted by Gasteiger charge is -2.27. The maximum Gasteiger partial charge on any atom is 0.119 e. The van der Waals surface area contributed by atoms with Crippen molar-refractivity contribution in [1.82, 2.24) is 4.90 Å². The molecule has 0 unspecified atom stereocenters. The Morgan fingerprint density at radius 3 is 2.38 bits per heavy atom. The number of benzene rings is 2. The van der Waals surface area contributed by atoms with Crippen LogP contribution in [0.3, 0.4) is 0 Å². The lowest BCUT2D eigenvalue weighted by Crippen LogP contribution is -2.27. The highest BCUT2D eigenvalue weighted by molar-refractivity contribution is 6.42. The van der Waals surface area contributed by atoms with Crippen molar-refractivity contribution in [3.63, 3.8) is 0 Å². The largest absolute Gasteiger partial charge is 0.497 e. The Bertz CT molecular complexity index is 728. The fourth-order valence-corrected chi connectivity index (χ4v) is 4.12. The van der Waals surface area contributed by atoms with Crippen LogP contribution in [0.15, 0.2) is 36.4 Å². The fraction of sp³-hybridized carbons (Fsp3) is 0.400. The minimum absolute atomic E-state index is 0.339. The molecule has 0 amide bonds. The number of rotatable bonds is 5. The first-order valence-electron chi connectivity index (χ1n) is 8.45. The number of hydrogen-bond acceptors (Lipinski definition) is 2. The van der Waals surface area contributed by atoms with Crippen molar-refractivity contribution in [2.45, 2.75) is 32.2 Å². The third-order valence-electron chi connectivity index (χ3n) is 5.09. The van der Waals surface area contributed by atoms with Gasteiger partial charge in [0.05, 0.1) is 17.2 Å². The molecular weight excluding hydrogens is 341 g/mol. The molecule has 0 aliphatic heterocycles. The molecule has 1 aliphatic carbocycles. The van der Waals surface area contributed by atoms with Gasteiger partial charge in [0.25, 0.3) is 0 Å². The third-order valence-corrected chi connectivity index (χ3v) is 5.83. The molecule has 2 nitrogen and oxygen atoms in total. The van der Waals surface area contributed by atoms with Gasteiger partial charge in [-0.2, -0.15) is 0 Å². The first-order valence-corrected chi connectivity index (χ1v) is 9.21. The van der Waals surface area contributed by atoms with Crippen molar-refractivity contribution in [3.8, 4) is 5.75 Å². The Hall–Kier alpha value is -1.22. The van der Waals surface area contributed by atoms with Gasteiger partial charge in [-0.15, -0.1) is 0 Å². The summed E-state index contributed by atoms with van der Waals surface area (Å²) in [6.07, 6.45) is 1.06. The molecule has 0 fully saturated rings. The number of nitrogens with zero attached hydrogens (tertiary/aromatic N) is 1. The van der Waals surface area contributed by atoms with E-state index in [0.29, 0.717) is 22.0 Å². The normalized spacial score (nSPS) is 19.6. The van der Waals surface area contributed by atoms with E-state index in [1.807, 2.05) is 18.2 Å². The van der Waals surface area contributed by atoms with E-state index >= 15 is 0 Å². The zero-order chi connectivity index (χ0) is 17.3. The van der Waals surface area contributed by atoms with Crippen LogP contribution in [0.25, 0.3) is 0 Å². The second kappa shape index (κ2) is 7.35. The summed E-state index contributed by atoms with van der Waals surface area (Å²) in [6.45, 7) is 6.50. The molecule has 24 heavy (non-hydrogen) atoms. The summed E-state index contributed by atoms with van der Waals surface area (Å²) in [7, 11) is 1.72. The van der Waals surface area contributed by atoms with Gasteiger partial charge in [0.1, 0.15) is 5.75 Å². The SMILES string of the molecule is CCN(CC)[C@H]1C[C@H](c2ccc(Cl)c(Cl)c2)c2ccc(OC)cc21. The van der Waals surface area contributed by atoms with Crippen molar-refractivity contribution in [3.05, 3.63) is 63.1 Å². The average molecular weight is 364 g/mol. The molecule has 0 N–H and O–H groups in total. The van der Waals surface area contributed by atoms with Crippen LogP contribution in [0.4, 0.5) is 0 Å². The highest BCUT2D eigenvalue weighted by Gasteiger charge is 2.35. The topological polar surface area (TPSA) is 12.5 Å². The lowest BCUT2D eigenvalue weighted by molar-refractivity contribution is 0.215. The maximum absolute atomic E-state index is 6.26. The van der Waals surface area contributed by atoms with Crippen molar-refractivity contribution in [1.29, 1.82) is 0 Å². The minimum Gasteiger partial charge on any atom is -0.497 e. The molecule has 4 heteroatoms. The summed E-state index contributed by atoms with van der Waals surface area (Å²) in [5, 5.41) is 1.23. The van der Waals surface area contributed by atoms with Gasteiger partial charge in [-0.3, -0.25) is 4.90 Å². The average Bonchev–Trinajstić information content (AvgIpc) is 2.97. The van der Waals surface area contributed by atoms with Crippen LogP contribution in [0.2, 0.25) is 10.0 Å². The highest BCUT2D eigenvalue weighted by atomic mass is 35.5. The first kappa shape index (κ1) is 17.6. The lowest BCUT2D eigenvalue weighted by atomic mass is 9.93. The number of hydrogen-bond donors (Lipinski definition) is 0. The molecule has 3 rings (SSSR count). The van der Waals surface area contributed by atoms with E-state index in [9.17, 15) is 0 Å². The molecule has 2 aromatic carbocycles. The number of fused-ring (bicyclic) bond motifs is 1. The Balaban J connectivity index is 2.06. The zero-order valence-electron chi connectivity index (χ0n) is 14.4. The van der Waals surface area contributed by atoms with Crippen molar-refractivity contribution < 1.29 is 4.74 Å². The zero-order valence-corrected chi connectivity index (χ0v) is 15.9. The predicted octanol–water partition coefficient (Wildman–Crippen LogP) is 5.92. The van der Waals surface area contributed by atoms with Gasteiger partial charge >= 0.3 is 0 Å². The van der Waals surface area contributed by atoms with Crippen LogP contribution in [0.1, 0.15) is 48.9 Å². The molecule has 0 spiro atoms. The van der Waals surface area contributed by atoms with Gasteiger partial charge in [0, 0.05) is 12.0 Å². The Kier molecular flexibility index (Phi) is 5.39. The van der Waals surface area contributed by atoms with Gasteiger partial charge in [-0.25, -0.2) is 0 Å². The molecule has 2 atom stereocenters. The van der Waals surface area contributed by atoms with E-state index < -0.39 is 0 Å². The standard InChI is InChI=1S/C20H23Cl2NO/c1-4-23(5-2)20-12-16(13-6-9-18(21)19(22)10-13)15-8-7-14(24-3)11-17(15)20/h6-11,16,20H,4-5,12H2,1-3H3/t16-,20+/m1/s1. The van der Waals surface area contributed by atoms with Gasteiger partial charge < -0.3 is 4.74 Å². The summed E-state index contributed by atoms with van der Waals surface area (Å²) < 4.78 is 5.45. The highest BCUT2D eigenvalue weighted by Crippen LogP contribution is 2.48. The summed E-state index contributed by atoms with van der Waals surface area (Å²) in [6, 6.07) is 12.8. The molecule has 0 saturated heterocycles. The Labute approximate surface area is 154 Å². The van der Waals surface area contributed by atoms with E-state index in [-0.39, 0.29) is 0 Å². The van der Waals surface area contributed by atoms with Gasteiger partial charge in [0.2, 0.25) is 0 Å². The van der Waals surface area contributed by atoms with Gasteiger partial charge in [-0.1, -0.05) is 49.2 Å². The molecule has 2 aromatic rings. The van der Waals surface area contributed by atoms with Crippen LogP contribution in [0, 0.1) is 0 Å². The number of methoxy groups -OCH3 is 1. The van der Waals surface area contributed by atoms with Crippen LogP contribution < -0.4 is 4.74 Å². The summed E-state index contributed by atoms with van der Waals surface area (Å²) >= 11 is 12.4. The molecule has 0 bridgehead atoms. The maximum atomic E-state index is 6.26. The van der Waals surface area contributed by atoms with Crippen LogP contribution >= 0.6 is 23.2 Å². The molecule has 0 radical (unpaired) electrons. The Morgan fingerprint density at radius 1 is 1.00 bits per heavy atom. The molecule has 128 valence electrons. The van der Waals surface area contributed by atoms with Gasteiger partial charge in [-0.05, 0) is 60.5 Å². The monoisotopic (exact) mass is 363 g/mol. The quantitative estimate of drug-likeness (QED) is 0.653. The molecule has 0 aromatic heterocycles. The van der Waals surface area contributed by atoms with Crippen LogP contribution in [-0.2, 0) is 0 Å². The van der Waals surface area contributed by atoms with E-state index in [1.54, 1.807) is 7.11 Å². The summed E-state index contributed by atoms with van der Waals surface area (Å²) in [5.74, 6) is 1.26. The van der Waals surface area contributed by atoms with Crippen LogP contribution in [0.5, 0.6) is 5.75 Å². The summed E-state index contributed by atoms with van der Waals surface area (Å²) in [4.78, 5) is 2.51. The van der Waals surface area contributed by atoms with Gasteiger partial charge in [0.15, 0.2) is 0 Å². The fourth-order valence-electron chi connectivity index (χ4n) is 3.82. The Morgan fingerprint density at radius 2 is 1.75 bits per heavy atom. The van der Waals surface area contributed by atoms with Crippen LogP contribution in [-0.4, -0.2) is 25.1 Å². The molecule has 0 saturated carbocycles.